The minimum atomic E-state index is -0.361. The van der Waals surface area contributed by atoms with Crippen molar-refractivity contribution in [3.63, 3.8) is 0 Å². The lowest BCUT2D eigenvalue weighted by molar-refractivity contribution is 0.111. The Hall–Kier alpha value is -1.84. The molecule has 0 aliphatic carbocycles. The first-order valence-electron chi connectivity index (χ1n) is 3.67. The molecule has 0 unspecified atom stereocenters. The van der Waals surface area contributed by atoms with E-state index in [9.17, 15) is 9.18 Å². The molecule has 0 aliphatic rings. The fraction of sp³-hybridized carbons (Fsp3) is 0. The van der Waals surface area contributed by atoms with Gasteiger partial charge < -0.3 is 0 Å². The van der Waals surface area contributed by atoms with Gasteiger partial charge >= 0.3 is 0 Å². The van der Waals surface area contributed by atoms with Crippen molar-refractivity contribution >= 4 is 17.3 Å². The molecule has 1 aromatic heterocycles. The van der Waals surface area contributed by atoms with Crippen LogP contribution in [0.1, 0.15) is 10.5 Å². The number of rotatable bonds is 1. The van der Waals surface area contributed by atoms with Gasteiger partial charge in [0.15, 0.2) is 6.29 Å². The molecular formula is C9H5FN2O. The molecule has 3 nitrogen and oxygen atoms in total. The van der Waals surface area contributed by atoms with Gasteiger partial charge in [0.05, 0.1) is 17.2 Å². The molecule has 0 aliphatic heterocycles. The number of nitrogens with zero attached hydrogens (tertiary/aromatic N) is 2. The molecule has 0 amide bonds. The first-order valence-corrected chi connectivity index (χ1v) is 3.67. The highest BCUT2D eigenvalue weighted by Crippen LogP contribution is 2.10. The summed E-state index contributed by atoms with van der Waals surface area (Å²) in [5.41, 5.74) is 1.22. The van der Waals surface area contributed by atoms with E-state index in [0.717, 1.165) is 0 Å². The maximum absolute atomic E-state index is 12.7. The molecule has 0 radical (unpaired) electrons. The molecule has 0 spiro atoms. The van der Waals surface area contributed by atoms with Crippen LogP contribution in [0.4, 0.5) is 4.39 Å². The molecule has 1 aromatic carbocycles. The van der Waals surface area contributed by atoms with Crippen molar-refractivity contribution in [2.24, 2.45) is 0 Å². The number of aromatic nitrogens is 2. The van der Waals surface area contributed by atoms with E-state index in [2.05, 4.69) is 9.97 Å². The summed E-state index contributed by atoms with van der Waals surface area (Å²) in [6.45, 7) is 0. The van der Waals surface area contributed by atoms with Gasteiger partial charge in [-0.05, 0) is 12.1 Å². The van der Waals surface area contributed by atoms with Crippen LogP contribution >= 0.6 is 0 Å². The highest BCUT2D eigenvalue weighted by molar-refractivity contribution is 5.79. The second-order valence-corrected chi connectivity index (χ2v) is 2.55. The average molecular weight is 176 g/mol. The third kappa shape index (κ3) is 1.38. The lowest BCUT2D eigenvalue weighted by atomic mass is 10.3. The third-order valence-corrected chi connectivity index (χ3v) is 1.64. The van der Waals surface area contributed by atoms with E-state index in [0.29, 0.717) is 17.3 Å². The SMILES string of the molecule is O=Cc1cnc2cc(F)ccc2n1. The van der Waals surface area contributed by atoms with Gasteiger partial charge in [0.2, 0.25) is 0 Å². The van der Waals surface area contributed by atoms with Crippen LogP contribution in [-0.2, 0) is 0 Å². The third-order valence-electron chi connectivity index (χ3n) is 1.64. The van der Waals surface area contributed by atoms with Crippen LogP contribution in [0.25, 0.3) is 11.0 Å². The zero-order valence-corrected chi connectivity index (χ0v) is 6.57. The van der Waals surface area contributed by atoms with Crippen LogP contribution in [0.5, 0.6) is 0 Å². The predicted octanol–water partition coefficient (Wildman–Crippen LogP) is 1.58. The summed E-state index contributed by atoms with van der Waals surface area (Å²) >= 11 is 0. The average Bonchev–Trinajstić information content (AvgIpc) is 2.17. The van der Waals surface area contributed by atoms with Crippen molar-refractivity contribution in [2.45, 2.75) is 0 Å². The first kappa shape index (κ1) is 7.79. The van der Waals surface area contributed by atoms with Gasteiger partial charge in [0.25, 0.3) is 0 Å². The summed E-state index contributed by atoms with van der Waals surface area (Å²) in [5.74, 6) is -0.361. The van der Waals surface area contributed by atoms with Gasteiger partial charge in [-0.1, -0.05) is 0 Å². The number of carbonyl (C=O) groups is 1. The molecule has 0 bridgehead atoms. The highest BCUT2D eigenvalue weighted by atomic mass is 19.1. The molecule has 4 heteroatoms. The van der Waals surface area contributed by atoms with Gasteiger partial charge in [-0.25, -0.2) is 9.37 Å². The van der Waals surface area contributed by atoms with Crippen molar-refractivity contribution in [3.05, 3.63) is 35.9 Å². The topological polar surface area (TPSA) is 42.9 Å². The molecule has 13 heavy (non-hydrogen) atoms. The Morgan fingerprint density at radius 3 is 2.92 bits per heavy atom. The summed E-state index contributed by atoms with van der Waals surface area (Å²) in [6.07, 6.45) is 1.92. The van der Waals surface area contributed by atoms with Crippen molar-refractivity contribution in [1.82, 2.24) is 9.97 Å². The Labute approximate surface area is 73.2 Å². The van der Waals surface area contributed by atoms with Crippen LogP contribution in [0, 0.1) is 5.82 Å². The fourth-order valence-corrected chi connectivity index (χ4v) is 1.05. The lowest BCUT2D eigenvalue weighted by Crippen LogP contribution is -1.90. The highest BCUT2D eigenvalue weighted by Gasteiger charge is 1.99. The molecule has 0 N–H and O–H groups in total. The number of fused-ring (bicyclic) bond motifs is 1. The minimum absolute atomic E-state index is 0.249. The number of hydrogen-bond acceptors (Lipinski definition) is 3. The monoisotopic (exact) mass is 176 g/mol. The summed E-state index contributed by atoms with van der Waals surface area (Å²) in [6, 6.07) is 4.05. The normalized spacial score (nSPS) is 10.2. The van der Waals surface area contributed by atoms with E-state index in [1.807, 2.05) is 0 Å². The quantitative estimate of drug-likeness (QED) is 0.619. The van der Waals surface area contributed by atoms with E-state index in [1.165, 1.54) is 24.4 Å². The maximum Gasteiger partial charge on any atom is 0.170 e. The van der Waals surface area contributed by atoms with Gasteiger partial charge in [-0.3, -0.25) is 9.78 Å². The Kier molecular flexibility index (Phi) is 1.73. The summed E-state index contributed by atoms with van der Waals surface area (Å²) in [4.78, 5) is 18.2. The first-order chi connectivity index (χ1) is 6.29. The summed E-state index contributed by atoms with van der Waals surface area (Å²) in [5, 5.41) is 0. The molecule has 1 heterocycles. The lowest BCUT2D eigenvalue weighted by Gasteiger charge is -1.96. The van der Waals surface area contributed by atoms with Gasteiger partial charge in [0.1, 0.15) is 11.5 Å². The molecular weight excluding hydrogens is 171 g/mol. The predicted molar refractivity (Wildman–Crippen MR) is 44.9 cm³/mol. The second-order valence-electron chi connectivity index (χ2n) is 2.55. The Morgan fingerprint density at radius 1 is 1.31 bits per heavy atom. The number of aldehydes is 1. The summed E-state index contributed by atoms with van der Waals surface area (Å²) in [7, 11) is 0. The van der Waals surface area contributed by atoms with Crippen LogP contribution in [-0.4, -0.2) is 16.3 Å². The maximum atomic E-state index is 12.7. The molecule has 0 atom stereocenters. The van der Waals surface area contributed by atoms with Crippen molar-refractivity contribution < 1.29 is 9.18 Å². The van der Waals surface area contributed by atoms with Crippen LogP contribution in [0.3, 0.4) is 0 Å². The van der Waals surface area contributed by atoms with E-state index < -0.39 is 0 Å². The molecule has 64 valence electrons. The zero-order chi connectivity index (χ0) is 9.26. The molecule has 0 fully saturated rings. The Bertz CT molecular complexity index is 470. The number of benzene rings is 1. The smallest absolute Gasteiger partial charge is 0.170 e. The Morgan fingerprint density at radius 2 is 2.15 bits per heavy atom. The van der Waals surface area contributed by atoms with Crippen molar-refractivity contribution in [2.75, 3.05) is 0 Å². The number of hydrogen-bond donors (Lipinski definition) is 0. The van der Waals surface area contributed by atoms with E-state index >= 15 is 0 Å². The van der Waals surface area contributed by atoms with E-state index in [-0.39, 0.29) is 11.5 Å². The van der Waals surface area contributed by atoms with Crippen molar-refractivity contribution in [3.8, 4) is 0 Å². The molecule has 2 rings (SSSR count). The largest absolute Gasteiger partial charge is 0.296 e. The molecule has 0 saturated heterocycles. The number of carbonyl (C=O) groups excluding carboxylic acids is 1. The van der Waals surface area contributed by atoms with Gasteiger partial charge in [-0.15, -0.1) is 0 Å². The zero-order valence-electron chi connectivity index (χ0n) is 6.57. The van der Waals surface area contributed by atoms with Gasteiger partial charge in [-0.2, -0.15) is 0 Å². The van der Waals surface area contributed by atoms with E-state index in [1.54, 1.807) is 0 Å². The fourth-order valence-electron chi connectivity index (χ4n) is 1.05. The van der Waals surface area contributed by atoms with Crippen LogP contribution in [0.15, 0.2) is 24.4 Å². The summed E-state index contributed by atoms with van der Waals surface area (Å²) < 4.78 is 12.7. The number of halogens is 1. The van der Waals surface area contributed by atoms with Crippen LogP contribution in [0.2, 0.25) is 0 Å². The second kappa shape index (κ2) is 2.90. The Balaban J connectivity index is 2.73. The van der Waals surface area contributed by atoms with Crippen LogP contribution < -0.4 is 0 Å². The molecule has 2 aromatic rings. The van der Waals surface area contributed by atoms with Crippen molar-refractivity contribution in [1.29, 1.82) is 0 Å². The standard InChI is InChI=1S/C9H5FN2O/c10-6-1-2-8-9(3-6)11-4-7(5-13)12-8/h1-5H. The minimum Gasteiger partial charge on any atom is -0.296 e. The van der Waals surface area contributed by atoms with Gasteiger partial charge in [0, 0.05) is 6.07 Å². The molecule has 0 saturated carbocycles. The van der Waals surface area contributed by atoms with E-state index in [4.69, 9.17) is 0 Å².